The molecule has 2 saturated heterocycles. The Balaban J connectivity index is 1.28. The summed E-state index contributed by atoms with van der Waals surface area (Å²) in [6.07, 6.45) is 2.44. The lowest BCUT2D eigenvalue weighted by Crippen LogP contribution is -2.49. The van der Waals surface area contributed by atoms with Crippen LogP contribution in [0.4, 0.5) is 11.8 Å². The second-order valence-electron chi connectivity index (χ2n) is 7.97. The quantitative estimate of drug-likeness (QED) is 0.769. The van der Waals surface area contributed by atoms with E-state index in [0.717, 1.165) is 30.5 Å². The number of benzene rings is 1. The maximum Gasteiger partial charge on any atom is 0.257 e. The maximum absolute atomic E-state index is 13.1. The van der Waals surface area contributed by atoms with Gasteiger partial charge >= 0.3 is 0 Å². The Morgan fingerprint density at radius 2 is 1.70 bits per heavy atom. The van der Waals surface area contributed by atoms with Gasteiger partial charge in [0.2, 0.25) is 5.95 Å². The molecule has 0 bridgehead atoms. The molecule has 2 aromatic rings. The maximum atomic E-state index is 13.1. The summed E-state index contributed by atoms with van der Waals surface area (Å²) >= 11 is 0. The fourth-order valence-electron chi connectivity index (χ4n) is 4.31. The van der Waals surface area contributed by atoms with Crippen LogP contribution in [-0.2, 0) is 0 Å². The lowest BCUT2D eigenvalue weighted by atomic mass is 10.1. The molecule has 0 unspecified atom stereocenters. The van der Waals surface area contributed by atoms with Crippen molar-refractivity contribution >= 4 is 17.7 Å². The zero-order valence-corrected chi connectivity index (χ0v) is 17.3. The molecule has 1 aromatic heterocycles. The topological polar surface area (TPSA) is 71.0 Å². The van der Waals surface area contributed by atoms with E-state index in [0.29, 0.717) is 56.5 Å². The first kappa shape index (κ1) is 19.0. The highest BCUT2D eigenvalue weighted by atomic mass is 16.6. The first-order valence-corrected chi connectivity index (χ1v) is 10.7. The fraction of sp³-hybridized carbons (Fsp3) is 0.500. The van der Waals surface area contributed by atoms with Crippen LogP contribution in [0.15, 0.2) is 24.3 Å². The van der Waals surface area contributed by atoms with Crippen molar-refractivity contribution in [1.82, 2.24) is 14.9 Å². The van der Waals surface area contributed by atoms with Crippen LogP contribution >= 0.6 is 0 Å². The van der Waals surface area contributed by atoms with Crippen molar-refractivity contribution in [3.63, 3.8) is 0 Å². The molecule has 4 heterocycles. The number of hydrogen-bond donors (Lipinski definition) is 0. The summed E-state index contributed by atoms with van der Waals surface area (Å²) in [7, 11) is 0. The average Bonchev–Trinajstić information content (AvgIpc) is 3.33. The number of aryl methyl sites for hydroxylation is 1. The van der Waals surface area contributed by atoms with Crippen LogP contribution in [0.25, 0.3) is 0 Å². The number of ether oxygens (including phenoxy) is 2. The van der Waals surface area contributed by atoms with Crippen molar-refractivity contribution < 1.29 is 14.3 Å². The van der Waals surface area contributed by atoms with Crippen molar-refractivity contribution in [1.29, 1.82) is 0 Å². The number of carbonyl (C=O) groups excluding carboxylic acids is 1. The molecule has 0 atom stereocenters. The van der Waals surface area contributed by atoms with Crippen LogP contribution in [0, 0.1) is 6.92 Å². The lowest BCUT2D eigenvalue weighted by molar-refractivity contribution is 0.0735. The molecule has 3 aliphatic rings. The summed E-state index contributed by atoms with van der Waals surface area (Å²) in [5, 5.41) is 0. The van der Waals surface area contributed by atoms with Crippen LogP contribution in [0.2, 0.25) is 0 Å². The minimum atomic E-state index is -0.0140. The number of hydrogen-bond acceptors (Lipinski definition) is 7. The van der Waals surface area contributed by atoms with Gasteiger partial charge in [0.1, 0.15) is 19.0 Å². The number of fused-ring (bicyclic) bond motifs is 1. The molecule has 3 aliphatic heterocycles. The van der Waals surface area contributed by atoms with Crippen LogP contribution in [-0.4, -0.2) is 73.3 Å². The summed E-state index contributed by atoms with van der Waals surface area (Å²) in [5.41, 5.74) is 1.55. The lowest BCUT2D eigenvalue weighted by Gasteiger charge is -2.35. The van der Waals surface area contributed by atoms with E-state index in [9.17, 15) is 4.79 Å². The molecule has 1 amide bonds. The number of carbonyl (C=O) groups is 1. The van der Waals surface area contributed by atoms with Gasteiger partial charge in [0.25, 0.3) is 5.91 Å². The van der Waals surface area contributed by atoms with Gasteiger partial charge in [-0.2, -0.15) is 4.98 Å². The van der Waals surface area contributed by atoms with Crippen molar-refractivity contribution in [2.75, 3.05) is 62.3 Å². The molecule has 8 nitrogen and oxygen atoms in total. The van der Waals surface area contributed by atoms with Crippen molar-refractivity contribution in [2.45, 2.75) is 19.8 Å². The molecule has 2 fully saturated rings. The molecule has 30 heavy (non-hydrogen) atoms. The Morgan fingerprint density at radius 3 is 2.50 bits per heavy atom. The summed E-state index contributed by atoms with van der Waals surface area (Å²) in [6, 6.07) is 7.57. The molecule has 1 aromatic carbocycles. The van der Waals surface area contributed by atoms with Gasteiger partial charge in [-0.1, -0.05) is 6.07 Å². The van der Waals surface area contributed by atoms with Crippen molar-refractivity contribution in [3.05, 3.63) is 35.5 Å². The second kappa shape index (κ2) is 8.01. The number of aromatic nitrogens is 2. The summed E-state index contributed by atoms with van der Waals surface area (Å²) in [6.45, 7) is 7.79. The zero-order chi connectivity index (χ0) is 20.5. The Hall–Kier alpha value is -3.03. The van der Waals surface area contributed by atoms with Gasteiger partial charge in [-0.25, -0.2) is 4.98 Å². The van der Waals surface area contributed by atoms with Crippen LogP contribution in [0.3, 0.4) is 0 Å². The largest absolute Gasteiger partial charge is 0.486 e. The molecule has 0 radical (unpaired) electrons. The molecule has 8 heteroatoms. The van der Waals surface area contributed by atoms with Gasteiger partial charge in [-0.15, -0.1) is 0 Å². The second-order valence-corrected chi connectivity index (χ2v) is 7.97. The molecule has 5 rings (SSSR count). The highest BCUT2D eigenvalue weighted by molar-refractivity contribution is 5.98. The van der Waals surface area contributed by atoms with E-state index in [-0.39, 0.29) is 5.91 Å². The monoisotopic (exact) mass is 409 g/mol. The highest BCUT2D eigenvalue weighted by Gasteiger charge is 2.28. The number of anilines is 2. The average molecular weight is 409 g/mol. The van der Waals surface area contributed by atoms with Gasteiger partial charge in [-0.3, -0.25) is 4.79 Å². The fourth-order valence-corrected chi connectivity index (χ4v) is 4.31. The summed E-state index contributed by atoms with van der Waals surface area (Å²) in [5.74, 6) is 2.97. The predicted molar refractivity (Wildman–Crippen MR) is 114 cm³/mol. The predicted octanol–water partition coefficient (Wildman–Crippen LogP) is 2.12. The van der Waals surface area contributed by atoms with Gasteiger partial charge in [0, 0.05) is 51.0 Å². The van der Waals surface area contributed by atoms with E-state index in [1.54, 1.807) is 0 Å². The standard InChI is InChI=1S/C22H27N5O3/c1-16-15-19(25-7-2-3-8-25)24-22(23-16)27-11-9-26(10-12-27)21(28)17-5-4-6-18-20(17)30-14-13-29-18/h4-6,15H,2-3,7-14H2,1H3. The van der Waals surface area contributed by atoms with Crippen molar-refractivity contribution in [2.24, 2.45) is 0 Å². The van der Waals surface area contributed by atoms with Gasteiger partial charge in [-0.05, 0) is 31.9 Å². The molecule has 0 aliphatic carbocycles. The van der Waals surface area contributed by atoms with E-state index in [1.807, 2.05) is 30.0 Å². The van der Waals surface area contributed by atoms with Crippen LogP contribution in [0.5, 0.6) is 11.5 Å². The van der Waals surface area contributed by atoms with E-state index < -0.39 is 0 Å². The van der Waals surface area contributed by atoms with Gasteiger partial charge in [0.15, 0.2) is 11.5 Å². The normalized spacial score (nSPS) is 18.6. The minimum Gasteiger partial charge on any atom is -0.486 e. The molecular weight excluding hydrogens is 382 g/mol. The molecule has 0 spiro atoms. The number of para-hydroxylation sites is 1. The smallest absolute Gasteiger partial charge is 0.257 e. The zero-order valence-electron chi connectivity index (χ0n) is 17.3. The van der Waals surface area contributed by atoms with Crippen molar-refractivity contribution in [3.8, 4) is 11.5 Å². The molecule has 0 N–H and O–H groups in total. The van der Waals surface area contributed by atoms with Gasteiger partial charge in [0.05, 0.1) is 5.56 Å². The first-order chi connectivity index (χ1) is 14.7. The van der Waals surface area contributed by atoms with E-state index in [1.165, 1.54) is 12.8 Å². The first-order valence-electron chi connectivity index (χ1n) is 10.7. The third-order valence-corrected chi connectivity index (χ3v) is 5.91. The highest BCUT2D eigenvalue weighted by Crippen LogP contribution is 2.34. The summed E-state index contributed by atoms with van der Waals surface area (Å²) < 4.78 is 11.3. The minimum absolute atomic E-state index is 0.0140. The Morgan fingerprint density at radius 1 is 0.933 bits per heavy atom. The van der Waals surface area contributed by atoms with Crippen LogP contribution < -0.4 is 19.3 Å². The molecular formula is C22H27N5O3. The number of rotatable bonds is 3. The molecule has 0 saturated carbocycles. The van der Waals surface area contributed by atoms with Gasteiger partial charge < -0.3 is 24.2 Å². The number of piperazine rings is 1. The summed E-state index contributed by atoms with van der Waals surface area (Å²) in [4.78, 5) is 29.0. The van der Waals surface area contributed by atoms with E-state index >= 15 is 0 Å². The number of nitrogens with zero attached hydrogens (tertiary/aromatic N) is 5. The third-order valence-electron chi connectivity index (χ3n) is 5.91. The third kappa shape index (κ3) is 3.62. The Bertz CT molecular complexity index is 936. The number of amides is 1. The Labute approximate surface area is 176 Å². The van der Waals surface area contributed by atoms with E-state index in [2.05, 4.69) is 20.9 Å². The molecule has 158 valence electrons. The van der Waals surface area contributed by atoms with Crippen LogP contribution in [0.1, 0.15) is 28.9 Å². The Kier molecular flexibility index (Phi) is 5.06. The SMILES string of the molecule is Cc1cc(N2CCCC2)nc(N2CCN(C(=O)c3cccc4c3OCCO4)CC2)n1. The van der Waals surface area contributed by atoms with E-state index in [4.69, 9.17) is 14.5 Å².